The minimum absolute atomic E-state index is 0.0949. The number of nitrogens with zero attached hydrogens (tertiary/aromatic N) is 3. The molecule has 0 N–H and O–H groups in total. The molecule has 0 radical (unpaired) electrons. The maximum atomic E-state index is 12.5. The lowest BCUT2D eigenvalue weighted by Crippen LogP contribution is -2.38. The zero-order chi connectivity index (χ0) is 16.4. The van der Waals surface area contributed by atoms with Gasteiger partial charge in [0.15, 0.2) is 0 Å². The first-order chi connectivity index (χ1) is 11.8. The number of thiophene rings is 1. The Morgan fingerprint density at radius 2 is 2.04 bits per heavy atom. The van der Waals surface area contributed by atoms with Crippen molar-refractivity contribution >= 4 is 17.2 Å². The molecule has 1 atom stereocenters. The Hall–Kier alpha value is -2.47. The molecule has 2 aromatic heterocycles. The third-order valence-corrected chi connectivity index (χ3v) is 5.11. The van der Waals surface area contributed by atoms with E-state index in [2.05, 4.69) is 10.2 Å². The molecule has 122 valence electrons. The molecule has 0 aliphatic carbocycles. The van der Waals surface area contributed by atoms with Crippen LogP contribution in [0.25, 0.3) is 11.5 Å². The number of amides is 1. The number of aromatic nitrogens is 2. The van der Waals surface area contributed by atoms with E-state index in [0.29, 0.717) is 18.3 Å². The summed E-state index contributed by atoms with van der Waals surface area (Å²) < 4.78 is 5.87. The Morgan fingerprint density at radius 1 is 1.17 bits per heavy atom. The minimum Gasteiger partial charge on any atom is -0.420 e. The van der Waals surface area contributed by atoms with Crippen LogP contribution in [0, 0.1) is 0 Å². The number of hydrogen-bond acceptors (Lipinski definition) is 5. The molecule has 0 bridgehead atoms. The lowest BCUT2D eigenvalue weighted by Gasteiger charge is -2.30. The van der Waals surface area contributed by atoms with E-state index in [0.717, 1.165) is 29.8 Å². The maximum absolute atomic E-state index is 12.5. The predicted molar refractivity (Wildman–Crippen MR) is 91.9 cm³/mol. The molecule has 1 amide bonds. The van der Waals surface area contributed by atoms with Crippen LogP contribution in [0.2, 0.25) is 0 Å². The van der Waals surface area contributed by atoms with Crippen LogP contribution < -0.4 is 0 Å². The molecule has 24 heavy (non-hydrogen) atoms. The highest BCUT2D eigenvalue weighted by Crippen LogP contribution is 2.29. The highest BCUT2D eigenvalue weighted by Gasteiger charge is 2.29. The highest BCUT2D eigenvalue weighted by molar-refractivity contribution is 7.12. The van der Waals surface area contributed by atoms with Crippen molar-refractivity contribution in [2.75, 3.05) is 13.1 Å². The maximum Gasteiger partial charge on any atom is 0.263 e. The Balaban J connectivity index is 1.50. The van der Waals surface area contributed by atoms with Crippen molar-refractivity contribution in [3.05, 3.63) is 58.6 Å². The van der Waals surface area contributed by atoms with E-state index in [1.807, 2.05) is 52.7 Å². The first-order valence-corrected chi connectivity index (χ1v) is 8.91. The predicted octanol–water partition coefficient (Wildman–Crippen LogP) is 3.82. The SMILES string of the molecule is O=C(c1cccs1)N1CCC[C@H](c2nnc(-c3ccccc3)o2)C1. The lowest BCUT2D eigenvalue weighted by atomic mass is 9.98. The fourth-order valence-electron chi connectivity index (χ4n) is 3.02. The summed E-state index contributed by atoms with van der Waals surface area (Å²) in [6, 6.07) is 13.5. The van der Waals surface area contributed by atoms with Crippen LogP contribution in [0.1, 0.15) is 34.3 Å². The van der Waals surface area contributed by atoms with Gasteiger partial charge >= 0.3 is 0 Å². The van der Waals surface area contributed by atoms with Gasteiger partial charge in [-0.1, -0.05) is 24.3 Å². The molecule has 1 aromatic carbocycles. The molecular formula is C18H17N3O2S. The molecule has 6 heteroatoms. The van der Waals surface area contributed by atoms with Crippen molar-refractivity contribution in [3.63, 3.8) is 0 Å². The van der Waals surface area contributed by atoms with Gasteiger partial charge in [-0.3, -0.25) is 4.79 Å². The van der Waals surface area contributed by atoms with Crippen molar-refractivity contribution in [2.45, 2.75) is 18.8 Å². The van der Waals surface area contributed by atoms with Gasteiger partial charge < -0.3 is 9.32 Å². The van der Waals surface area contributed by atoms with Gasteiger partial charge in [-0.25, -0.2) is 0 Å². The van der Waals surface area contributed by atoms with Crippen LogP contribution in [0.15, 0.2) is 52.3 Å². The van der Waals surface area contributed by atoms with Crippen molar-refractivity contribution < 1.29 is 9.21 Å². The summed E-state index contributed by atoms with van der Waals surface area (Å²) in [5, 5.41) is 10.3. The summed E-state index contributed by atoms with van der Waals surface area (Å²) in [5.41, 5.74) is 0.915. The first kappa shape index (κ1) is 15.1. The number of carbonyl (C=O) groups is 1. The summed E-state index contributed by atoms with van der Waals surface area (Å²) in [5.74, 6) is 1.36. The fourth-order valence-corrected chi connectivity index (χ4v) is 3.71. The van der Waals surface area contributed by atoms with Gasteiger partial charge in [0, 0.05) is 18.7 Å². The lowest BCUT2D eigenvalue weighted by molar-refractivity contribution is 0.0703. The van der Waals surface area contributed by atoms with Gasteiger partial charge in [-0.2, -0.15) is 0 Å². The zero-order valence-electron chi connectivity index (χ0n) is 13.1. The van der Waals surface area contributed by atoms with Gasteiger partial charge in [-0.05, 0) is 36.4 Å². The second-order valence-electron chi connectivity index (χ2n) is 5.88. The molecule has 0 spiro atoms. The molecule has 1 saturated heterocycles. The third-order valence-electron chi connectivity index (χ3n) is 4.25. The van der Waals surface area contributed by atoms with E-state index in [9.17, 15) is 4.79 Å². The molecule has 3 heterocycles. The smallest absolute Gasteiger partial charge is 0.263 e. The van der Waals surface area contributed by atoms with Crippen LogP contribution in [0.4, 0.5) is 0 Å². The van der Waals surface area contributed by atoms with Crippen molar-refractivity contribution in [1.29, 1.82) is 0 Å². The average Bonchev–Trinajstić information content (AvgIpc) is 3.34. The third kappa shape index (κ3) is 2.97. The van der Waals surface area contributed by atoms with Gasteiger partial charge in [-0.15, -0.1) is 21.5 Å². The van der Waals surface area contributed by atoms with Crippen molar-refractivity contribution in [2.24, 2.45) is 0 Å². The molecule has 5 nitrogen and oxygen atoms in total. The second kappa shape index (κ2) is 6.57. The Bertz CT molecular complexity index is 814. The normalized spacial score (nSPS) is 17.8. The van der Waals surface area contributed by atoms with E-state index >= 15 is 0 Å². The molecular weight excluding hydrogens is 322 g/mol. The molecule has 3 aromatic rings. The van der Waals surface area contributed by atoms with Crippen molar-refractivity contribution in [3.8, 4) is 11.5 Å². The van der Waals surface area contributed by atoms with Gasteiger partial charge in [0.25, 0.3) is 5.91 Å². The topological polar surface area (TPSA) is 59.2 Å². The fraction of sp³-hybridized carbons (Fsp3) is 0.278. The summed E-state index contributed by atoms with van der Waals surface area (Å²) in [6.07, 6.45) is 1.91. The summed E-state index contributed by atoms with van der Waals surface area (Å²) >= 11 is 1.48. The Morgan fingerprint density at radius 3 is 2.83 bits per heavy atom. The van der Waals surface area contributed by atoms with Crippen LogP contribution >= 0.6 is 11.3 Å². The van der Waals surface area contributed by atoms with Crippen LogP contribution in [0.5, 0.6) is 0 Å². The number of piperidine rings is 1. The summed E-state index contributed by atoms with van der Waals surface area (Å²) in [7, 11) is 0. The van der Waals surface area contributed by atoms with Crippen LogP contribution in [0.3, 0.4) is 0 Å². The van der Waals surface area contributed by atoms with E-state index in [4.69, 9.17) is 4.42 Å². The van der Waals surface area contributed by atoms with Crippen LogP contribution in [-0.4, -0.2) is 34.1 Å². The first-order valence-electron chi connectivity index (χ1n) is 8.03. The molecule has 1 aliphatic heterocycles. The van der Waals surface area contributed by atoms with Gasteiger partial charge in [0.1, 0.15) is 0 Å². The number of benzene rings is 1. The second-order valence-corrected chi connectivity index (χ2v) is 6.83. The molecule has 0 saturated carbocycles. The number of hydrogen-bond donors (Lipinski definition) is 0. The largest absolute Gasteiger partial charge is 0.420 e. The Labute approximate surface area is 143 Å². The van der Waals surface area contributed by atoms with E-state index in [-0.39, 0.29) is 11.8 Å². The summed E-state index contributed by atoms with van der Waals surface area (Å²) in [6.45, 7) is 1.42. The minimum atomic E-state index is 0.0949. The highest BCUT2D eigenvalue weighted by atomic mass is 32.1. The monoisotopic (exact) mass is 339 g/mol. The Kier molecular flexibility index (Phi) is 4.13. The molecule has 4 rings (SSSR count). The molecule has 1 aliphatic rings. The zero-order valence-corrected chi connectivity index (χ0v) is 13.9. The molecule has 0 unspecified atom stereocenters. The molecule has 1 fully saturated rings. The van der Waals surface area contributed by atoms with E-state index < -0.39 is 0 Å². The number of carbonyl (C=O) groups excluding carboxylic acids is 1. The van der Waals surface area contributed by atoms with Gasteiger partial charge in [0.2, 0.25) is 11.8 Å². The van der Waals surface area contributed by atoms with E-state index in [1.54, 1.807) is 0 Å². The van der Waals surface area contributed by atoms with E-state index in [1.165, 1.54) is 11.3 Å². The average molecular weight is 339 g/mol. The van der Waals surface area contributed by atoms with Crippen LogP contribution in [-0.2, 0) is 0 Å². The standard InChI is InChI=1S/C18H17N3O2S/c22-18(15-9-5-11-24-15)21-10-4-8-14(12-21)17-20-19-16(23-17)13-6-2-1-3-7-13/h1-3,5-7,9,11,14H,4,8,10,12H2/t14-/m0/s1. The van der Waals surface area contributed by atoms with Gasteiger partial charge in [0.05, 0.1) is 10.8 Å². The number of likely N-dealkylation sites (tertiary alicyclic amines) is 1. The quantitative estimate of drug-likeness (QED) is 0.728. The number of rotatable bonds is 3. The summed E-state index contributed by atoms with van der Waals surface area (Å²) in [4.78, 5) is 15.2. The van der Waals surface area contributed by atoms with Crippen molar-refractivity contribution in [1.82, 2.24) is 15.1 Å².